The number of rotatable bonds is 18. The molecule has 0 aromatic rings. The quantitative estimate of drug-likeness (QED) is 0.119. The average molecular weight is 625 g/mol. The van der Waals surface area contributed by atoms with Crippen molar-refractivity contribution in [2.24, 2.45) is 17.3 Å². The Bertz CT molecular complexity index is 1270. The first-order valence-corrected chi connectivity index (χ1v) is 17.7. The maximum atomic E-state index is 9.39. The molecule has 254 valence electrons. The van der Waals surface area contributed by atoms with Crippen LogP contribution >= 0.6 is 0 Å². The summed E-state index contributed by atoms with van der Waals surface area (Å²) in [4.78, 5) is 0. The minimum Gasteiger partial charge on any atom is -0.392 e. The fraction of sp³-hybridized carbons (Fsp3) is 0.511. The Balaban J connectivity index is 2.57. The van der Waals surface area contributed by atoms with E-state index in [-0.39, 0.29) is 12.0 Å². The third-order valence-corrected chi connectivity index (χ3v) is 9.34. The van der Waals surface area contributed by atoms with E-state index in [1.165, 1.54) is 45.4 Å². The molecule has 1 nitrogen and oxygen atoms in total. The molecule has 0 aliphatic heterocycles. The standard InChI is InChI=1S/C45H68O/c1-35(2)18-14-21-38(5)24-16-26-39(6)25-15-22-36(3)19-12-13-20-37(4)23-17-27-40(7)29-33-44-42(9)30-32-43(45(44,10)11)31-28-41(8)34-46/h12-13,17-20,23-25,27-30,33,43-44,46H,14-16,21-22,26,31-32,34H2,1-11H3/b13-12+,23-17+,33-29+,36-19+,37-20+,38-24+,39-25+,40-27+,41-28+. The lowest BCUT2D eigenvalue weighted by molar-refractivity contribution is 0.154. The largest absolute Gasteiger partial charge is 0.392 e. The molecule has 0 amide bonds. The van der Waals surface area contributed by atoms with Crippen LogP contribution in [0.1, 0.15) is 128 Å². The van der Waals surface area contributed by atoms with Crippen LogP contribution in [0, 0.1) is 17.3 Å². The van der Waals surface area contributed by atoms with Crippen LogP contribution in [0.15, 0.2) is 130 Å². The van der Waals surface area contributed by atoms with Gasteiger partial charge in [-0.2, -0.15) is 0 Å². The highest BCUT2D eigenvalue weighted by atomic mass is 16.3. The van der Waals surface area contributed by atoms with Crippen LogP contribution in [0.5, 0.6) is 0 Å². The van der Waals surface area contributed by atoms with Crippen molar-refractivity contribution in [2.75, 3.05) is 6.61 Å². The lowest BCUT2D eigenvalue weighted by Crippen LogP contribution is -2.35. The Morgan fingerprint density at radius 1 is 0.696 bits per heavy atom. The molecule has 0 aromatic carbocycles. The normalized spacial score (nSPS) is 20.7. The molecule has 0 saturated carbocycles. The second kappa shape index (κ2) is 22.6. The highest BCUT2D eigenvalue weighted by molar-refractivity contribution is 5.31. The van der Waals surface area contributed by atoms with Gasteiger partial charge in [-0.15, -0.1) is 0 Å². The first-order valence-electron chi connectivity index (χ1n) is 17.7. The van der Waals surface area contributed by atoms with E-state index in [0.717, 1.165) is 50.5 Å². The summed E-state index contributed by atoms with van der Waals surface area (Å²) >= 11 is 0. The van der Waals surface area contributed by atoms with Crippen molar-refractivity contribution in [1.29, 1.82) is 0 Å². The highest BCUT2D eigenvalue weighted by Gasteiger charge is 2.38. The van der Waals surface area contributed by atoms with Crippen LogP contribution in [-0.4, -0.2) is 11.7 Å². The highest BCUT2D eigenvalue weighted by Crippen LogP contribution is 2.47. The van der Waals surface area contributed by atoms with E-state index in [2.05, 4.69) is 154 Å². The van der Waals surface area contributed by atoms with E-state index >= 15 is 0 Å². The Morgan fingerprint density at radius 3 is 1.85 bits per heavy atom. The van der Waals surface area contributed by atoms with Gasteiger partial charge in [0, 0.05) is 5.92 Å². The van der Waals surface area contributed by atoms with Gasteiger partial charge in [0.25, 0.3) is 0 Å². The van der Waals surface area contributed by atoms with Gasteiger partial charge in [0.2, 0.25) is 0 Å². The number of aliphatic hydroxyl groups excluding tert-OH is 1. The molecule has 0 heterocycles. The SMILES string of the molecule is CC(C)=CCC/C(C)=C/CC/C(C)=C/CC/C(C)=C/C=C/C=C(C)/C=C/C=C(C)/C=C/C1C(C)=CCC(C/C=C(\C)CO)C1(C)C. The van der Waals surface area contributed by atoms with Gasteiger partial charge in [-0.25, -0.2) is 0 Å². The van der Waals surface area contributed by atoms with Crippen molar-refractivity contribution in [2.45, 2.75) is 128 Å². The summed E-state index contributed by atoms with van der Waals surface area (Å²) in [5.41, 5.74) is 11.0. The Morgan fingerprint density at radius 2 is 1.24 bits per heavy atom. The lowest BCUT2D eigenvalue weighted by atomic mass is 9.61. The molecule has 0 aromatic heterocycles. The van der Waals surface area contributed by atoms with E-state index in [0.29, 0.717) is 11.8 Å². The van der Waals surface area contributed by atoms with Gasteiger partial charge in [-0.05, 0) is 125 Å². The Kier molecular flexibility index (Phi) is 20.2. The smallest absolute Gasteiger partial charge is 0.0639 e. The zero-order valence-corrected chi connectivity index (χ0v) is 31.5. The van der Waals surface area contributed by atoms with Crippen LogP contribution in [-0.2, 0) is 0 Å². The molecule has 1 rings (SSSR count). The fourth-order valence-corrected chi connectivity index (χ4v) is 5.91. The zero-order chi connectivity index (χ0) is 34.5. The van der Waals surface area contributed by atoms with E-state index in [4.69, 9.17) is 0 Å². The molecule has 0 bridgehead atoms. The molecule has 0 saturated heterocycles. The van der Waals surface area contributed by atoms with Crippen LogP contribution in [0.3, 0.4) is 0 Å². The van der Waals surface area contributed by atoms with Crippen molar-refractivity contribution in [3.63, 3.8) is 0 Å². The minimum atomic E-state index is 0.152. The van der Waals surface area contributed by atoms with Crippen molar-refractivity contribution < 1.29 is 5.11 Å². The van der Waals surface area contributed by atoms with Crippen molar-refractivity contribution in [3.05, 3.63) is 130 Å². The van der Waals surface area contributed by atoms with Crippen LogP contribution in [0.2, 0.25) is 0 Å². The molecule has 0 radical (unpaired) electrons. The molecule has 0 fully saturated rings. The van der Waals surface area contributed by atoms with Gasteiger partial charge in [0.15, 0.2) is 0 Å². The second-order valence-electron chi connectivity index (χ2n) is 14.6. The molecule has 2 atom stereocenters. The Labute approximate surface area is 285 Å². The number of hydrogen-bond acceptors (Lipinski definition) is 1. The van der Waals surface area contributed by atoms with E-state index in [9.17, 15) is 5.11 Å². The van der Waals surface area contributed by atoms with Gasteiger partial charge in [-0.3, -0.25) is 0 Å². The van der Waals surface area contributed by atoms with Crippen molar-refractivity contribution >= 4 is 0 Å². The maximum Gasteiger partial charge on any atom is 0.0639 e. The maximum absolute atomic E-state index is 9.39. The summed E-state index contributed by atoms with van der Waals surface area (Å²) in [6, 6.07) is 0. The topological polar surface area (TPSA) is 20.2 Å². The predicted molar refractivity (Wildman–Crippen MR) is 208 cm³/mol. The first kappa shape index (κ1) is 41.1. The molecule has 1 aliphatic carbocycles. The number of hydrogen-bond donors (Lipinski definition) is 1. The average Bonchev–Trinajstić information content (AvgIpc) is 2.98. The zero-order valence-electron chi connectivity index (χ0n) is 31.5. The number of allylic oxidation sites excluding steroid dienone is 21. The predicted octanol–water partition coefficient (Wildman–Crippen LogP) is 13.6. The molecule has 46 heavy (non-hydrogen) atoms. The van der Waals surface area contributed by atoms with Gasteiger partial charge < -0.3 is 5.11 Å². The molecule has 1 aliphatic rings. The fourth-order valence-electron chi connectivity index (χ4n) is 5.91. The van der Waals surface area contributed by atoms with E-state index in [1.807, 2.05) is 6.92 Å². The molecule has 1 N–H and O–H groups in total. The first-order chi connectivity index (χ1) is 21.8. The third-order valence-electron chi connectivity index (χ3n) is 9.34. The lowest BCUT2D eigenvalue weighted by Gasteiger charge is -2.43. The van der Waals surface area contributed by atoms with Gasteiger partial charge >= 0.3 is 0 Å². The van der Waals surface area contributed by atoms with Crippen LogP contribution < -0.4 is 0 Å². The molecular formula is C45H68O. The third kappa shape index (κ3) is 17.7. The van der Waals surface area contributed by atoms with E-state index < -0.39 is 0 Å². The van der Waals surface area contributed by atoms with E-state index in [1.54, 1.807) is 0 Å². The number of aliphatic hydroxyl groups is 1. The molecular weight excluding hydrogens is 556 g/mol. The molecule has 0 spiro atoms. The second-order valence-corrected chi connectivity index (χ2v) is 14.6. The van der Waals surface area contributed by atoms with Gasteiger partial charge in [0.1, 0.15) is 0 Å². The minimum absolute atomic E-state index is 0.152. The van der Waals surface area contributed by atoms with Gasteiger partial charge in [0.05, 0.1) is 6.61 Å². The summed E-state index contributed by atoms with van der Waals surface area (Å²) < 4.78 is 0. The van der Waals surface area contributed by atoms with Crippen LogP contribution in [0.25, 0.3) is 0 Å². The summed E-state index contributed by atoms with van der Waals surface area (Å²) in [5, 5.41) is 9.39. The summed E-state index contributed by atoms with van der Waals surface area (Å²) in [5.74, 6) is 0.996. The molecule has 1 heteroatoms. The molecule has 2 unspecified atom stereocenters. The van der Waals surface area contributed by atoms with Gasteiger partial charge in [-0.1, -0.05) is 143 Å². The van der Waals surface area contributed by atoms with Crippen LogP contribution in [0.4, 0.5) is 0 Å². The Hall–Kier alpha value is -2.90. The summed E-state index contributed by atoms with van der Waals surface area (Å²) in [6.07, 6.45) is 40.7. The summed E-state index contributed by atoms with van der Waals surface area (Å²) in [7, 11) is 0. The summed E-state index contributed by atoms with van der Waals surface area (Å²) in [6.45, 7) is 24.7. The van der Waals surface area contributed by atoms with Crippen molar-refractivity contribution in [3.8, 4) is 0 Å². The van der Waals surface area contributed by atoms with Crippen molar-refractivity contribution in [1.82, 2.24) is 0 Å². The monoisotopic (exact) mass is 625 g/mol.